The van der Waals surface area contributed by atoms with E-state index in [1.165, 1.54) is 21.3 Å². The number of hydrogen-bond donors (Lipinski definition) is 7. The van der Waals surface area contributed by atoms with Crippen LogP contribution in [0, 0.1) is 48.5 Å². The second-order valence-corrected chi connectivity index (χ2v) is 30.7. The van der Waals surface area contributed by atoms with E-state index < -0.39 is 0 Å². The zero-order chi connectivity index (χ0) is 86.2. The Morgan fingerprint density at radius 3 is 1.21 bits per heavy atom. The SMILES string of the molecule is C=C(c1c(C)c(C(=O)NCc2c(OC)cc(C)[nH]c2=O)cc2c(-c3ccn[nH]3)ccn12)N1CCN(CC)CC1.C=C(c1c(C)c(C(=O)NCc2c(OC)cc(C)[nH]c2=O)cc2c(-c3ccnc(N(C)C)c3)ccn12)N1CCOCC1.C=C(c1c(C)c(C(=O)NCc2c(OC)cc(C)[nH]c2=O)cc2c(-c3cnc(C)nc3)ccn12)N1CCN(CC)CC1. The molecule has 12 aromatic heterocycles. The van der Waals surface area contributed by atoms with Crippen molar-refractivity contribution in [3.05, 3.63) is 257 Å². The lowest BCUT2D eigenvalue weighted by Gasteiger charge is -2.37. The number of ether oxygens (including phenoxy) is 4. The van der Waals surface area contributed by atoms with Crippen molar-refractivity contribution >= 4 is 57.2 Å². The van der Waals surface area contributed by atoms with Gasteiger partial charge in [-0.25, -0.2) is 15.0 Å². The molecule has 30 nitrogen and oxygen atoms in total. The Morgan fingerprint density at radius 1 is 0.471 bits per heavy atom. The maximum Gasteiger partial charge on any atom is 0.256 e. The molecule has 0 bridgehead atoms. The maximum absolute atomic E-state index is 13.8. The zero-order valence-corrected chi connectivity index (χ0v) is 71.5. The predicted molar refractivity (Wildman–Crippen MR) is 473 cm³/mol. The minimum atomic E-state index is -0.293. The lowest BCUT2D eigenvalue weighted by atomic mass is 10.0. The number of aryl methyl sites for hydroxylation is 4. The number of carbonyl (C=O) groups is 3. The van der Waals surface area contributed by atoms with E-state index in [2.05, 4.69) is 133 Å². The van der Waals surface area contributed by atoms with Crippen LogP contribution >= 0.6 is 0 Å². The molecule has 0 aromatic carbocycles. The normalized spacial score (nSPS) is 13.8. The molecule has 7 N–H and O–H groups in total. The van der Waals surface area contributed by atoms with Crippen molar-refractivity contribution in [2.45, 2.75) is 81.9 Å². The molecule has 0 spiro atoms. The van der Waals surface area contributed by atoms with E-state index in [1.807, 2.05) is 114 Å². The van der Waals surface area contributed by atoms with Crippen LogP contribution in [0.25, 0.3) is 67.2 Å². The summed E-state index contributed by atoms with van der Waals surface area (Å²) in [5.41, 5.74) is 19.6. The first-order chi connectivity index (χ1) is 58.2. The average Bonchev–Trinajstić information content (AvgIpc) is 1.63. The van der Waals surface area contributed by atoms with Gasteiger partial charge in [0, 0.05) is 179 Å². The molecule has 0 radical (unpaired) electrons. The monoisotopic (exact) mass is 1640 g/mol. The molecule has 15 heterocycles. The zero-order valence-electron chi connectivity index (χ0n) is 71.5. The van der Waals surface area contributed by atoms with E-state index in [0.717, 1.165) is 185 Å². The molecule has 15 rings (SSSR count). The van der Waals surface area contributed by atoms with Gasteiger partial charge >= 0.3 is 0 Å². The van der Waals surface area contributed by atoms with Crippen LogP contribution in [0.1, 0.15) is 118 Å². The second-order valence-electron chi connectivity index (χ2n) is 30.7. The minimum absolute atomic E-state index is 0.0202. The third kappa shape index (κ3) is 18.2. The van der Waals surface area contributed by atoms with Gasteiger partial charge < -0.3 is 92.5 Å². The summed E-state index contributed by atoms with van der Waals surface area (Å²) in [6.07, 6.45) is 13.1. The largest absolute Gasteiger partial charge is 0.496 e. The van der Waals surface area contributed by atoms with Crippen molar-refractivity contribution in [3.8, 4) is 50.8 Å². The van der Waals surface area contributed by atoms with Crippen molar-refractivity contribution < 1.29 is 33.3 Å². The third-order valence-corrected chi connectivity index (χ3v) is 23.0. The fourth-order valence-corrected chi connectivity index (χ4v) is 16.1. The second kappa shape index (κ2) is 37.3. The van der Waals surface area contributed by atoms with Crippen LogP contribution in [-0.2, 0) is 24.4 Å². The number of H-pyrrole nitrogens is 4. The van der Waals surface area contributed by atoms with Gasteiger partial charge in [-0.15, -0.1) is 0 Å². The summed E-state index contributed by atoms with van der Waals surface area (Å²) in [5, 5.41) is 16.0. The molecule has 12 aromatic rings. The number of amides is 3. The van der Waals surface area contributed by atoms with Crippen LogP contribution < -0.4 is 51.7 Å². The van der Waals surface area contributed by atoms with Gasteiger partial charge in [-0.3, -0.25) is 33.9 Å². The van der Waals surface area contributed by atoms with Gasteiger partial charge in [0.25, 0.3) is 34.4 Å². The molecule has 0 saturated carbocycles. The van der Waals surface area contributed by atoms with Crippen LogP contribution in [0.2, 0.25) is 0 Å². The number of nitrogens with one attached hydrogen (secondary N) is 7. The summed E-state index contributed by atoms with van der Waals surface area (Å²) in [6.45, 7) is 43.0. The molecule has 30 heteroatoms. The number of hydrogen-bond acceptors (Lipinski definition) is 20. The first-order valence-electron chi connectivity index (χ1n) is 40.6. The highest BCUT2D eigenvalue weighted by Crippen LogP contribution is 2.38. The van der Waals surface area contributed by atoms with Gasteiger partial charge in [-0.1, -0.05) is 33.6 Å². The van der Waals surface area contributed by atoms with E-state index in [9.17, 15) is 28.8 Å². The molecule has 3 aliphatic rings. The van der Waals surface area contributed by atoms with E-state index in [0.29, 0.717) is 86.7 Å². The van der Waals surface area contributed by atoms with Gasteiger partial charge in [-0.05, 0) is 157 Å². The summed E-state index contributed by atoms with van der Waals surface area (Å²) < 4.78 is 28.1. The lowest BCUT2D eigenvalue weighted by Crippen LogP contribution is -2.45. The number of piperazine rings is 2. The van der Waals surface area contributed by atoms with Crippen molar-refractivity contribution in [1.82, 2.24) is 93.8 Å². The first-order valence-corrected chi connectivity index (χ1v) is 40.6. The number of anilines is 1. The summed E-state index contributed by atoms with van der Waals surface area (Å²) in [4.78, 5) is 114. The highest BCUT2D eigenvalue weighted by molar-refractivity contribution is 6.02. The van der Waals surface area contributed by atoms with Gasteiger partial charge in [0.2, 0.25) is 0 Å². The molecule has 121 heavy (non-hydrogen) atoms. The molecule has 0 atom stereocenters. The number of methoxy groups -OCH3 is 3. The summed E-state index contributed by atoms with van der Waals surface area (Å²) in [6, 6.07) is 22.9. The highest BCUT2D eigenvalue weighted by Gasteiger charge is 2.30. The fourth-order valence-electron chi connectivity index (χ4n) is 16.1. The molecule has 3 amide bonds. The topological polar surface area (TPSA) is 323 Å². The first kappa shape index (κ1) is 85.6. The lowest BCUT2D eigenvalue weighted by molar-refractivity contribution is 0.0639. The summed E-state index contributed by atoms with van der Waals surface area (Å²) >= 11 is 0. The average molecular weight is 1640 g/mol. The fraction of sp³-hybridized carbons (Fsp3) is 0.341. The molecule has 3 fully saturated rings. The summed E-state index contributed by atoms with van der Waals surface area (Å²) in [7, 11) is 8.44. The number of likely N-dealkylation sites (N-methyl/N-ethyl adjacent to an activating group) is 2. The number of morpholine rings is 1. The Balaban J connectivity index is 0.000000157. The third-order valence-electron chi connectivity index (χ3n) is 23.0. The van der Waals surface area contributed by atoms with E-state index in [4.69, 9.17) is 18.9 Å². The molecular weight excluding hydrogens is 1530 g/mol. The standard InChI is InChI=1S/C31H37N7O3.C31H36N6O4.C29H35N7O3/c1-7-36-10-12-37(13-11-36)21(4)29-20(3)25(30(39)34-18-26-28(41-6)14-19(2)35-31(26)40)15-27-24(8-9-38(27)29)23-16-32-22(5)33-17-23;1-19-15-27(40-6)25(31(39)34-19)18-33-30(38)24-17-26-23(22-7-9-32-28(16-22)35(4)5)8-10-37(26)29(20(24)2)21(3)36-11-13-41-14-12-36;1-6-34-11-13-35(14-12-34)20(4)27-19(3)22(16-25-21(8-10-36(25)27)24-7-9-31-33-24)28(37)30-17-23-26(39-5)15-18(2)32-29(23)38/h8-9,14-17H,4,7,10-13,18H2,1-3,5-6H3,(H,34,39)(H,35,40);7-10,15-17H,3,11-14,18H2,1-2,4-6H3,(H,33,38)(H,34,39);7-10,15-16H,4,6,11-14,17H2,1-3,5H3,(H,30,37)(H,31,33)(H,32,38). The smallest absolute Gasteiger partial charge is 0.256 e. The van der Waals surface area contributed by atoms with Crippen molar-refractivity contribution in [2.75, 3.05) is 132 Å². The van der Waals surface area contributed by atoms with Crippen LogP contribution in [-0.4, -0.2) is 223 Å². The van der Waals surface area contributed by atoms with Crippen molar-refractivity contribution in [3.63, 3.8) is 0 Å². The van der Waals surface area contributed by atoms with E-state index >= 15 is 0 Å². The van der Waals surface area contributed by atoms with Crippen LogP contribution in [0.3, 0.4) is 0 Å². The Hall–Kier alpha value is -13.3. The van der Waals surface area contributed by atoms with Gasteiger partial charge in [0.05, 0.1) is 127 Å². The van der Waals surface area contributed by atoms with E-state index in [1.54, 1.807) is 63.8 Å². The number of aromatic nitrogens is 11. The van der Waals surface area contributed by atoms with Crippen LogP contribution in [0.15, 0.2) is 150 Å². The van der Waals surface area contributed by atoms with Gasteiger partial charge in [-0.2, -0.15) is 5.10 Å². The van der Waals surface area contributed by atoms with E-state index in [-0.39, 0.29) is 54.0 Å². The number of aromatic amines is 4. The number of pyridine rings is 7. The highest BCUT2D eigenvalue weighted by atomic mass is 16.5. The molecular formula is C91H108N20O10. The molecule has 0 aliphatic carbocycles. The summed E-state index contributed by atoms with van der Waals surface area (Å²) in [5.74, 6) is 1.98. The molecule has 3 aliphatic heterocycles. The predicted octanol–water partition coefficient (Wildman–Crippen LogP) is 10.4. The van der Waals surface area contributed by atoms with Gasteiger partial charge in [0.1, 0.15) is 28.9 Å². The minimum Gasteiger partial charge on any atom is -0.496 e. The number of rotatable bonds is 24. The van der Waals surface area contributed by atoms with Crippen LogP contribution in [0.5, 0.6) is 17.2 Å². The number of fused-ring (bicyclic) bond motifs is 3. The molecule has 0 unspecified atom stereocenters. The van der Waals surface area contributed by atoms with Crippen molar-refractivity contribution in [2.24, 2.45) is 0 Å². The maximum atomic E-state index is 13.8. The molecule has 3 saturated heterocycles. The number of nitrogens with zero attached hydrogens (tertiary/aromatic N) is 13. The molecule has 632 valence electrons. The Morgan fingerprint density at radius 2 is 0.843 bits per heavy atom. The quantitative estimate of drug-likeness (QED) is 0.0296. The number of carbonyl (C=O) groups excluding carboxylic acids is 3. The Labute approximate surface area is 702 Å². The Bertz CT molecular complexity index is 6080. The van der Waals surface area contributed by atoms with Crippen LogP contribution in [0.4, 0.5) is 5.82 Å². The Kier molecular flexibility index (Phi) is 26.4. The van der Waals surface area contributed by atoms with Gasteiger partial charge in [0.15, 0.2) is 0 Å². The van der Waals surface area contributed by atoms with Crippen molar-refractivity contribution in [1.29, 1.82) is 0 Å².